The van der Waals surface area contributed by atoms with Crippen molar-refractivity contribution in [2.75, 3.05) is 6.61 Å². The Kier molecular flexibility index (Phi) is 4.34. The minimum Gasteiger partial charge on any atom is -0.392 e. The minimum atomic E-state index is 0.111. The highest BCUT2D eigenvalue weighted by Gasteiger charge is 2.58. The minimum absolute atomic E-state index is 0.111. The van der Waals surface area contributed by atoms with Crippen LogP contribution in [0, 0.1) is 5.41 Å². The first-order chi connectivity index (χ1) is 10.2. The Hall–Kier alpha value is -0.900. The van der Waals surface area contributed by atoms with Crippen molar-refractivity contribution in [2.45, 2.75) is 64.3 Å². The van der Waals surface area contributed by atoms with Gasteiger partial charge in [-0.25, -0.2) is 0 Å². The number of benzene rings is 1. The molecule has 2 N–H and O–H groups in total. The summed E-state index contributed by atoms with van der Waals surface area (Å²) < 4.78 is 5.92. The van der Waals surface area contributed by atoms with E-state index in [1.54, 1.807) is 0 Å². The molecular weight excluding hydrogens is 262 g/mol. The van der Waals surface area contributed by atoms with Gasteiger partial charge in [-0.3, -0.25) is 0 Å². The van der Waals surface area contributed by atoms with E-state index in [9.17, 15) is 5.11 Å². The zero-order chi connectivity index (χ0) is 14.9. The second-order valence-electron chi connectivity index (χ2n) is 6.61. The Morgan fingerprint density at radius 3 is 2.86 bits per heavy atom. The van der Waals surface area contributed by atoms with Gasteiger partial charge in [-0.2, -0.15) is 0 Å². The summed E-state index contributed by atoms with van der Waals surface area (Å²) in [6.45, 7) is 5.25. The van der Waals surface area contributed by atoms with E-state index in [2.05, 4.69) is 31.3 Å². The van der Waals surface area contributed by atoms with Crippen molar-refractivity contribution in [1.82, 2.24) is 5.32 Å². The van der Waals surface area contributed by atoms with E-state index in [0.717, 1.165) is 18.6 Å². The molecule has 116 valence electrons. The maximum atomic E-state index is 9.27. The number of hydrogen-bond acceptors (Lipinski definition) is 3. The molecule has 0 aliphatic heterocycles. The van der Waals surface area contributed by atoms with Crippen LogP contribution < -0.4 is 5.32 Å². The largest absolute Gasteiger partial charge is 0.392 e. The van der Waals surface area contributed by atoms with E-state index in [1.165, 1.54) is 24.8 Å². The molecule has 3 atom stereocenters. The van der Waals surface area contributed by atoms with Gasteiger partial charge in [0, 0.05) is 24.1 Å². The summed E-state index contributed by atoms with van der Waals surface area (Å²) in [5, 5.41) is 13.1. The first-order valence-electron chi connectivity index (χ1n) is 8.27. The molecule has 3 nitrogen and oxygen atoms in total. The normalized spacial score (nSPS) is 28.0. The van der Waals surface area contributed by atoms with Crippen LogP contribution in [0.4, 0.5) is 0 Å². The van der Waals surface area contributed by atoms with E-state index in [1.807, 2.05) is 12.1 Å². The van der Waals surface area contributed by atoms with Crippen molar-refractivity contribution in [1.29, 1.82) is 0 Å². The van der Waals surface area contributed by atoms with Crippen molar-refractivity contribution in [2.24, 2.45) is 5.41 Å². The van der Waals surface area contributed by atoms with Gasteiger partial charge in [-0.05, 0) is 44.2 Å². The molecule has 2 aliphatic carbocycles. The zero-order valence-corrected chi connectivity index (χ0v) is 13.1. The maximum Gasteiger partial charge on any atom is 0.0681 e. The second-order valence-corrected chi connectivity index (χ2v) is 6.61. The Balaban J connectivity index is 1.64. The van der Waals surface area contributed by atoms with Crippen molar-refractivity contribution in [3.8, 4) is 0 Å². The Labute approximate surface area is 127 Å². The molecule has 1 spiro atoms. The highest BCUT2D eigenvalue weighted by Crippen LogP contribution is 2.57. The fraction of sp³-hybridized carbons (Fsp3) is 0.667. The summed E-state index contributed by atoms with van der Waals surface area (Å²) in [5.74, 6) is 0. The molecule has 1 aromatic carbocycles. The summed E-state index contributed by atoms with van der Waals surface area (Å²) in [7, 11) is 0. The van der Waals surface area contributed by atoms with E-state index in [-0.39, 0.29) is 6.61 Å². The van der Waals surface area contributed by atoms with Crippen LogP contribution in [0.15, 0.2) is 24.3 Å². The average Bonchev–Trinajstić information content (AvgIpc) is 2.44. The van der Waals surface area contributed by atoms with Crippen molar-refractivity contribution < 1.29 is 9.84 Å². The third-order valence-corrected chi connectivity index (χ3v) is 5.52. The van der Waals surface area contributed by atoms with E-state index >= 15 is 0 Å². The number of aliphatic hydroxyl groups excluding tert-OH is 1. The van der Waals surface area contributed by atoms with Crippen molar-refractivity contribution in [3.05, 3.63) is 35.4 Å². The van der Waals surface area contributed by atoms with Gasteiger partial charge in [0.2, 0.25) is 0 Å². The van der Waals surface area contributed by atoms with Crippen LogP contribution in [0.2, 0.25) is 0 Å². The van der Waals surface area contributed by atoms with Gasteiger partial charge in [0.15, 0.2) is 0 Å². The number of hydrogen-bond donors (Lipinski definition) is 2. The highest BCUT2D eigenvalue weighted by molar-refractivity contribution is 5.26. The predicted octanol–water partition coefficient (Wildman–Crippen LogP) is 3.18. The molecule has 3 heteroatoms. The van der Waals surface area contributed by atoms with Gasteiger partial charge in [-0.1, -0.05) is 30.7 Å². The summed E-state index contributed by atoms with van der Waals surface area (Å²) in [6, 6.07) is 9.14. The molecule has 2 saturated carbocycles. The Morgan fingerprint density at radius 2 is 2.24 bits per heavy atom. The topological polar surface area (TPSA) is 41.5 Å². The molecule has 0 saturated heterocycles. The smallest absolute Gasteiger partial charge is 0.0681 e. The van der Waals surface area contributed by atoms with E-state index in [0.29, 0.717) is 23.6 Å². The van der Waals surface area contributed by atoms with Crippen LogP contribution in [-0.4, -0.2) is 23.9 Å². The molecule has 0 amide bonds. The lowest BCUT2D eigenvalue weighted by Gasteiger charge is -2.61. The molecule has 2 aliphatic rings. The molecule has 2 fully saturated rings. The van der Waals surface area contributed by atoms with Gasteiger partial charge in [0.25, 0.3) is 0 Å². The van der Waals surface area contributed by atoms with Crippen LogP contribution >= 0.6 is 0 Å². The molecule has 0 bridgehead atoms. The lowest BCUT2D eigenvalue weighted by atomic mass is 9.51. The van der Waals surface area contributed by atoms with Gasteiger partial charge >= 0.3 is 0 Å². The zero-order valence-electron chi connectivity index (χ0n) is 13.1. The van der Waals surface area contributed by atoms with Crippen LogP contribution in [0.25, 0.3) is 0 Å². The molecule has 0 heterocycles. The molecule has 0 radical (unpaired) electrons. The SMILES string of the molecule is CCOC1CC(NC(C)c2cccc(CO)c2)C12CCC2. The quantitative estimate of drug-likeness (QED) is 0.845. The first kappa shape index (κ1) is 15.0. The van der Waals surface area contributed by atoms with Gasteiger partial charge < -0.3 is 15.2 Å². The van der Waals surface area contributed by atoms with Gasteiger partial charge in [-0.15, -0.1) is 0 Å². The van der Waals surface area contributed by atoms with E-state index in [4.69, 9.17) is 4.74 Å². The molecule has 3 rings (SSSR count). The lowest BCUT2D eigenvalue weighted by Crippen LogP contribution is -2.67. The third-order valence-electron chi connectivity index (χ3n) is 5.52. The monoisotopic (exact) mass is 289 g/mol. The fourth-order valence-electron chi connectivity index (χ4n) is 4.03. The summed E-state index contributed by atoms with van der Waals surface area (Å²) in [4.78, 5) is 0. The van der Waals surface area contributed by atoms with Crippen LogP contribution in [0.5, 0.6) is 0 Å². The predicted molar refractivity (Wildman–Crippen MR) is 84.0 cm³/mol. The summed E-state index contributed by atoms with van der Waals surface area (Å²) >= 11 is 0. The maximum absolute atomic E-state index is 9.27. The molecule has 21 heavy (non-hydrogen) atoms. The van der Waals surface area contributed by atoms with Crippen molar-refractivity contribution >= 4 is 0 Å². The first-order valence-corrected chi connectivity index (χ1v) is 8.27. The van der Waals surface area contributed by atoms with Gasteiger partial charge in [0.05, 0.1) is 12.7 Å². The van der Waals surface area contributed by atoms with Crippen LogP contribution in [-0.2, 0) is 11.3 Å². The number of nitrogens with one attached hydrogen (secondary N) is 1. The van der Waals surface area contributed by atoms with Crippen molar-refractivity contribution in [3.63, 3.8) is 0 Å². The molecule has 3 unspecified atom stereocenters. The average molecular weight is 289 g/mol. The Bertz CT molecular complexity index is 484. The standard InChI is InChI=1S/C18H27NO2/c1-3-21-17-11-16(18(17)8-5-9-18)19-13(2)15-7-4-6-14(10-15)12-20/h4,6-7,10,13,16-17,19-20H,3,5,8-9,11-12H2,1-2H3. The molecule has 0 aromatic heterocycles. The number of ether oxygens (including phenoxy) is 1. The van der Waals surface area contributed by atoms with E-state index < -0.39 is 0 Å². The van der Waals surface area contributed by atoms with Gasteiger partial charge in [0.1, 0.15) is 0 Å². The number of aliphatic hydroxyl groups is 1. The third kappa shape index (κ3) is 2.63. The van der Waals surface area contributed by atoms with Crippen LogP contribution in [0.1, 0.15) is 56.7 Å². The second kappa shape index (κ2) is 6.07. The fourth-order valence-corrected chi connectivity index (χ4v) is 4.03. The highest BCUT2D eigenvalue weighted by atomic mass is 16.5. The lowest BCUT2D eigenvalue weighted by molar-refractivity contribution is -0.174. The van der Waals surface area contributed by atoms with Crippen LogP contribution in [0.3, 0.4) is 0 Å². The molecule has 1 aromatic rings. The summed E-state index contributed by atoms with van der Waals surface area (Å²) in [5.41, 5.74) is 2.65. The molecular formula is C18H27NO2. The number of rotatable bonds is 6. The Morgan fingerprint density at radius 1 is 1.43 bits per heavy atom. The summed E-state index contributed by atoms with van der Waals surface area (Å²) in [6.07, 6.45) is 5.55.